The number of pyridine rings is 1. The van der Waals surface area contributed by atoms with E-state index in [1.807, 2.05) is 37.3 Å². The van der Waals surface area contributed by atoms with Crippen molar-refractivity contribution in [2.24, 2.45) is 0 Å². The van der Waals surface area contributed by atoms with Crippen molar-refractivity contribution in [2.75, 3.05) is 0 Å². The van der Waals surface area contributed by atoms with E-state index in [2.05, 4.69) is 30.7 Å². The highest BCUT2D eigenvalue weighted by Gasteiger charge is 2.38. The molecule has 0 radical (unpaired) electrons. The number of aromatic nitrogens is 7. The normalized spacial score (nSPS) is 12.1. The van der Waals surface area contributed by atoms with Crippen molar-refractivity contribution in [3.63, 3.8) is 0 Å². The Morgan fingerprint density at radius 3 is 2.79 bits per heavy atom. The minimum absolute atomic E-state index is 0.208. The lowest BCUT2D eigenvalue weighted by atomic mass is 10.0. The number of fused-ring (bicyclic) bond motifs is 2. The van der Waals surface area contributed by atoms with E-state index in [0.29, 0.717) is 12.1 Å². The van der Waals surface area contributed by atoms with E-state index < -0.39 is 11.7 Å². The topological polar surface area (TPSA) is 85.2 Å². The first-order valence-electron chi connectivity index (χ1n) is 8.96. The van der Waals surface area contributed by atoms with E-state index in [1.165, 1.54) is 12.1 Å². The Morgan fingerprint density at radius 2 is 1.97 bits per heavy atom. The number of H-pyrrole nitrogens is 1. The number of hydrogen-bond acceptors (Lipinski definition) is 5. The predicted octanol–water partition coefficient (Wildman–Crippen LogP) is 3.59. The van der Waals surface area contributed by atoms with Crippen LogP contribution in [0.4, 0.5) is 8.78 Å². The highest BCUT2D eigenvalue weighted by molar-refractivity contribution is 5.84. The molecule has 0 unspecified atom stereocenters. The van der Waals surface area contributed by atoms with Gasteiger partial charge in [-0.3, -0.25) is 9.67 Å². The van der Waals surface area contributed by atoms with Crippen LogP contribution in [-0.2, 0) is 12.5 Å². The molecule has 0 atom stereocenters. The van der Waals surface area contributed by atoms with Crippen LogP contribution in [0.1, 0.15) is 22.6 Å². The molecule has 0 saturated carbocycles. The monoisotopic (exact) mass is 391 g/mol. The molecule has 5 rings (SSSR count). The van der Waals surface area contributed by atoms with Gasteiger partial charge in [0.2, 0.25) is 5.82 Å². The molecule has 1 N–H and O–H groups in total. The minimum Gasteiger partial charge on any atom is -0.260 e. The van der Waals surface area contributed by atoms with Gasteiger partial charge in [-0.05, 0) is 35.0 Å². The molecule has 3 heterocycles. The fraction of sp³-hybridized carbons (Fsp3) is 0.150. The van der Waals surface area contributed by atoms with Crippen LogP contribution in [0.3, 0.4) is 0 Å². The number of hydrogen-bond donors (Lipinski definition) is 1. The summed E-state index contributed by atoms with van der Waals surface area (Å²) in [5.41, 5.74) is 3.00. The molecule has 0 spiro atoms. The zero-order chi connectivity index (χ0) is 20.0. The number of nitrogens with zero attached hydrogens (tertiary/aromatic N) is 6. The number of nitrogens with one attached hydrogen (secondary N) is 1. The molecule has 29 heavy (non-hydrogen) atoms. The van der Waals surface area contributed by atoms with Crippen LogP contribution in [0.2, 0.25) is 0 Å². The van der Waals surface area contributed by atoms with E-state index in [-0.39, 0.29) is 5.56 Å². The van der Waals surface area contributed by atoms with E-state index in [0.717, 1.165) is 27.5 Å². The van der Waals surface area contributed by atoms with Crippen molar-refractivity contribution in [3.8, 4) is 0 Å². The zero-order valence-electron chi connectivity index (χ0n) is 15.3. The van der Waals surface area contributed by atoms with Crippen molar-refractivity contribution in [1.29, 1.82) is 0 Å². The molecular weight excluding hydrogens is 376 g/mol. The first-order valence-corrected chi connectivity index (χ1v) is 8.96. The average Bonchev–Trinajstić information content (AvgIpc) is 3.38. The summed E-state index contributed by atoms with van der Waals surface area (Å²) in [5.74, 6) is -3.94. The highest BCUT2D eigenvalue weighted by Crippen LogP contribution is 2.35. The molecule has 7 nitrogen and oxygen atoms in total. The zero-order valence-corrected chi connectivity index (χ0v) is 15.3. The number of halogens is 2. The number of benzene rings is 2. The fourth-order valence-corrected chi connectivity index (χ4v) is 3.54. The maximum Gasteiger partial charge on any atom is 0.333 e. The lowest BCUT2D eigenvalue weighted by Crippen LogP contribution is -2.17. The largest absolute Gasteiger partial charge is 0.333 e. The fourth-order valence-electron chi connectivity index (χ4n) is 3.54. The Kier molecular flexibility index (Phi) is 3.83. The molecule has 2 aromatic carbocycles. The van der Waals surface area contributed by atoms with Crippen LogP contribution >= 0.6 is 0 Å². The highest BCUT2D eigenvalue weighted by atomic mass is 19.3. The van der Waals surface area contributed by atoms with Gasteiger partial charge >= 0.3 is 5.92 Å². The van der Waals surface area contributed by atoms with Crippen molar-refractivity contribution in [2.45, 2.75) is 19.4 Å². The van der Waals surface area contributed by atoms with Gasteiger partial charge in [0.05, 0.1) is 23.3 Å². The number of aromatic amines is 1. The van der Waals surface area contributed by atoms with Gasteiger partial charge in [-0.25, -0.2) is 5.10 Å². The minimum atomic E-state index is -3.35. The van der Waals surface area contributed by atoms with Crippen LogP contribution in [0.15, 0.2) is 54.7 Å². The lowest BCUT2D eigenvalue weighted by Gasteiger charge is -2.13. The number of para-hydroxylation sites is 1. The number of rotatable bonds is 4. The van der Waals surface area contributed by atoms with E-state index >= 15 is 0 Å². The van der Waals surface area contributed by atoms with E-state index in [9.17, 15) is 8.78 Å². The van der Waals surface area contributed by atoms with E-state index in [4.69, 9.17) is 0 Å². The molecule has 9 heteroatoms. The van der Waals surface area contributed by atoms with Gasteiger partial charge < -0.3 is 0 Å². The van der Waals surface area contributed by atoms with Gasteiger partial charge in [-0.2, -0.15) is 13.9 Å². The van der Waals surface area contributed by atoms with Gasteiger partial charge in [0.25, 0.3) is 0 Å². The van der Waals surface area contributed by atoms with Crippen LogP contribution in [-0.4, -0.2) is 35.4 Å². The Labute approximate surface area is 163 Å². The van der Waals surface area contributed by atoms with Crippen molar-refractivity contribution in [3.05, 3.63) is 77.4 Å². The smallest absolute Gasteiger partial charge is 0.260 e. The molecule has 0 aliphatic rings. The van der Waals surface area contributed by atoms with Crippen LogP contribution < -0.4 is 0 Å². The van der Waals surface area contributed by atoms with Crippen LogP contribution in [0.25, 0.3) is 21.8 Å². The maximum atomic E-state index is 14.8. The summed E-state index contributed by atoms with van der Waals surface area (Å²) in [5, 5.41) is 18.4. The average molecular weight is 391 g/mol. The summed E-state index contributed by atoms with van der Waals surface area (Å²) in [6.45, 7) is 2.27. The third-order valence-corrected chi connectivity index (χ3v) is 4.98. The first-order chi connectivity index (χ1) is 14.0. The van der Waals surface area contributed by atoms with Crippen molar-refractivity contribution >= 4 is 21.8 Å². The SMILES string of the molecule is Cc1nn(Cc2cccc3cccnc23)c2cc(C(F)(F)c3nnn[nH]3)ccc12. The molecule has 144 valence electrons. The summed E-state index contributed by atoms with van der Waals surface area (Å²) in [4.78, 5) is 4.47. The Balaban J connectivity index is 1.63. The third kappa shape index (κ3) is 2.82. The summed E-state index contributed by atoms with van der Waals surface area (Å²) < 4.78 is 31.3. The molecular formula is C20H15F2N7. The predicted molar refractivity (Wildman–Crippen MR) is 102 cm³/mol. The maximum absolute atomic E-state index is 14.8. The molecule has 0 aliphatic carbocycles. The first kappa shape index (κ1) is 17.4. The molecule has 3 aromatic heterocycles. The summed E-state index contributed by atoms with van der Waals surface area (Å²) in [6, 6.07) is 14.3. The van der Waals surface area contributed by atoms with Gasteiger partial charge in [0.15, 0.2) is 0 Å². The van der Waals surface area contributed by atoms with Gasteiger partial charge in [0, 0.05) is 22.5 Å². The van der Waals surface area contributed by atoms with Gasteiger partial charge in [-0.15, -0.1) is 5.10 Å². The lowest BCUT2D eigenvalue weighted by molar-refractivity contribution is 0.0330. The molecule has 5 aromatic rings. The summed E-state index contributed by atoms with van der Waals surface area (Å²) in [6.07, 6.45) is 1.74. The number of aryl methyl sites for hydroxylation is 1. The van der Waals surface area contributed by atoms with E-state index in [1.54, 1.807) is 16.9 Å². The standard InChI is InChI=1S/C20H15F2N7/c1-12-16-8-7-15(20(21,22)19-24-27-28-25-19)10-17(16)29(26-12)11-14-5-2-4-13-6-3-9-23-18(13)14/h2-10H,11H2,1H3,(H,24,25,27,28). The van der Waals surface area contributed by atoms with Crippen LogP contribution in [0, 0.1) is 6.92 Å². The Bertz CT molecular complexity index is 1320. The molecule has 0 amide bonds. The Hall–Kier alpha value is -3.75. The molecule has 0 saturated heterocycles. The molecule has 0 fully saturated rings. The van der Waals surface area contributed by atoms with Crippen molar-refractivity contribution in [1.82, 2.24) is 35.4 Å². The summed E-state index contributed by atoms with van der Waals surface area (Å²) in [7, 11) is 0. The van der Waals surface area contributed by atoms with Crippen molar-refractivity contribution < 1.29 is 8.78 Å². The second kappa shape index (κ2) is 6.40. The number of alkyl halides is 2. The van der Waals surface area contributed by atoms with Gasteiger partial charge in [-0.1, -0.05) is 36.4 Å². The molecule has 0 aliphatic heterocycles. The number of tetrazole rings is 1. The second-order valence-corrected chi connectivity index (χ2v) is 6.79. The molecule has 0 bridgehead atoms. The quantitative estimate of drug-likeness (QED) is 0.506. The van der Waals surface area contributed by atoms with Crippen LogP contribution in [0.5, 0.6) is 0 Å². The third-order valence-electron chi connectivity index (χ3n) is 4.98. The second-order valence-electron chi connectivity index (χ2n) is 6.79. The Morgan fingerprint density at radius 1 is 1.10 bits per heavy atom. The van der Waals surface area contributed by atoms with Gasteiger partial charge in [0.1, 0.15) is 0 Å². The summed E-state index contributed by atoms with van der Waals surface area (Å²) >= 11 is 0.